The third-order valence-corrected chi connectivity index (χ3v) is 3.30. The van der Waals surface area contributed by atoms with Crippen LogP contribution in [0, 0.1) is 0 Å². The number of pyridine rings is 1. The van der Waals surface area contributed by atoms with Crippen LogP contribution < -0.4 is 4.74 Å². The van der Waals surface area contributed by atoms with Gasteiger partial charge >= 0.3 is 6.18 Å². The maximum atomic E-state index is 12.5. The monoisotopic (exact) mass is 338 g/mol. The van der Waals surface area contributed by atoms with Gasteiger partial charge in [-0.3, -0.25) is 9.78 Å². The van der Waals surface area contributed by atoms with Crippen molar-refractivity contribution in [3.8, 4) is 5.75 Å². The van der Waals surface area contributed by atoms with E-state index in [0.29, 0.717) is 13.2 Å². The molecule has 1 heterocycles. The minimum atomic E-state index is -4.52. The van der Waals surface area contributed by atoms with Gasteiger partial charge in [0.05, 0.1) is 12.2 Å². The van der Waals surface area contributed by atoms with Gasteiger partial charge in [-0.15, -0.1) is 0 Å². The third kappa shape index (κ3) is 4.47. The quantitative estimate of drug-likeness (QED) is 0.833. The molecule has 0 saturated carbocycles. The number of amides is 1. The smallest absolute Gasteiger partial charge is 0.433 e. The Labute approximate surface area is 137 Å². The molecular formula is C17H17F3N2O2. The highest BCUT2D eigenvalue weighted by Gasteiger charge is 2.32. The molecular weight excluding hydrogens is 321 g/mol. The number of carbonyl (C=O) groups excluding carboxylic acids is 1. The van der Waals surface area contributed by atoms with Crippen LogP contribution in [0.1, 0.15) is 28.5 Å². The van der Waals surface area contributed by atoms with Crippen molar-refractivity contribution < 1.29 is 22.7 Å². The highest BCUT2D eigenvalue weighted by atomic mass is 19.4. The first-order valence-electron chi connectivity index (χ1n) is 7.31. The van der Waals surface area contributed by atoms with Gasteiger partial charge in [0.2, 0.25) is 0 Å². The highest BCUT2D eigenvalue weighted by molar-refractivity contribution is 5.93. The Morgan fingerprint density at radius 1 is 1.17 bits per heavy atom. The van der Waals surface area contributed by atoms with E-state index in [9.17, 15) is 18.0 Å². The summed E-state index contributed by atoms with van der Waals surface area (Å²) in [6.07, 6.45) is -3.57. The number of hydrogen-bond donors (Lipinski definition) is 0. The molecule has 0 aliphatic heterocycles. The summed E-state index contributed by atoms with van der Waals surface area (Å²) in [5.41, 5.74) is -0.0289. The lowest BCUT2D eigenvalue weighted by molar-refractivity contribution is -0.141. The van der Waals surface area contributed by atoms with Gasteiger partial charge in [0, 0.05) is 19.8 Å². The van der Waals surface area contributed by atoms with E-state index in [1.807, 2.05) is 19.1 Å². The Morgan fingerprint density at radius 3 is 2.33 bits per heavy atom. The molecule has 0 unspecified atom stereocenters. The van der Waals surface area contributed by atoms with Crippen LogP contribution in [0.25, 0.3) is 0 Å². The third-order valence-electron chi connectivity index (χ3n) is 3.30. The van der Waals surface area contributed by atoms with Gasteiger partial charge in [-0.25, -0.2) is 0 Å². The summed E-state index contributed by atoms with van der Waals surface area (Å²) in [6.45, 7) is 2.78. The number of alkyl halides is 3. The molecule has 128 valence electrons. The van der Waals surface area contributed by atoms with Gasteiger partial charge in [0.15, 0.2) is 0 Å². The topological polar surface area (TPSA) is 42.4 Å². The van der Waals surface area contributed by atoms with Gasteiger partial charge in [0.25, 0.3) is 5.91 Å². The lowest BCUT2D eigenvalue weighted by Crippen LogP contribution is -2.26. The van der Waals surface area contributed by atoms with Crippen molar-refractivity contribution in [2.24, 2.45) is 0 Å². The molecule has 0 fully saturated rings. The number of hydrogen-bond acceptors (Lipinski definition) is 3. The summed E-state index contributed by atoms with van der Waals surface area (Å²) >= 11 is 0. The zero-order valence-corrected chi connectivity index (χ0v) is 13.3. The fourth-order valence-electron chi connectivity index (χ4n) is 2.11. The van der Waals surface area contributed by atoms with Crippen LogP contribution in [0.4, 0.5) is 13.2 Å². The Bertz CT molecular complexity index is 682. The number of benzene rings is 1. The first-order valence-corrected chi connectivity index (χ1v) is 7.31. The van der Waals surface area contributed by atoms with Crippen LogP contribution >= 0.6 is 0 Å². The predicted octanol–water partition coefficient (Wildman–Crippen LogP) is 3.77. The number of rotatable bonds is 5. The van der Waals surface area contributed by atoms with E-state index in [2.05, 4.69) is 4.98 Å². The fraction of sp³-hybridized carbons (Fsp3) is 0.294. The molecule has 2 aromatic rings. The van der Waals surface area contributed by atoms with Crippen LogP contribution in [0.5, 0.6) is 5.75 Å². The Hall–Kier alpha value is -2.57. The van der Waals surface area contributed by atoms with Crippen molar-refractivity contribution >= 4 is 5.91 Å². The van der Waals surface area contributed by atoms with E-state index in [-0.39, 0.29) is 5.56 Å². The van der Waals surface area contributed by atoms with Gasteiger partial charge in [-0.05, 0) is 36.8 Å². The summed E-state index contributed by atoms with van der Waals surface area (Å²) < 4.78 is 42.8. The average Bonchev–Trinajstić information content (AvgIpc) is 2.55. The molecule has 0 N–H and O–H groups in total. The molecule has 0 aliphatic rings. The molecule has 0 bridgehead atoms. The van der Waals surface area contributed by atoms with E-state index in [0.717, 1.165) is 29.6 Å². The van der Waals surface area contributed by atoms with Crippen molar-refractivity contribution in [1.29, 1.82) is 0 Å². The summed E-state index contributed by atoms with van der Waals surface area (Å²) in [7, 11) is 1.58. The minimum absolute atomic E-state index is 0.108. The Morgan fingerprint density at radius 2 is 1.83 bits per heavy atom. The van der Waals surface area contributed by atoms with Crippen LogP contribution in [0.2, 0.25) is 0 Å². The molecule has 0 spiro atoms. The van der Waals surface area contributed by atoms with Crippen molar-refractivity contribution in [3.05, 3.63) is 59.4 Å². The summed E-state index contributed by atoms with van der Waals surface area (Å²) in [5, 5.41) is 0. The molecule has 0 saturated heterocycles. The Balaban J connectivity index is 2.03. The highest BCUT2D eigenvalue weighted by Crippen LogP contribution is 2.27. The Kier molecular flexibility index (Phi) is 5.43. The van der Waals surface area contributed by atoms with Crippen LogP contribution in [0.15, 0.2) is 42.6 Å². The van der Waals surface area contributed by atoms with E-state index in [1.54, 1.807) is 19.2 Å². The molecule has 2 rings (SSSR count). The van der Waals surface area contributed by atoms with E-state index in [1.165, 1.54) is 4.90 Å². The van der Waals surface area contributed by atoms with Crippen molar-refractivity contribution in [3.63, 3.8) is 0 Å². The number of ether oxygens (including phenoxy) is 1. The van der Waals surface area contributed by atoms with Crippen LogP contribution in [-0.4, -0.2) is 29.4 Å². The summed E-state index contributed by atoms with van der Waals surface area (Å²) in [4.78, 5) is 17.0. The predicted molar refractivity (Wildman–Crippen MR) is 82.6 cm³/mol. The average molecular weight is 338 g/mol. The number of carbonyl (C=O) groups is 1. The zero-order valence-electron chi connectivity index (χ0n) is 13.3. The SMILES string of the molecule is CCOc1ccc(CN(C)C(=O)c2ccc(C(F)(F)F)nc2)cc1. The van der Waals surface area contributed by atoms with Crippen molar-refractivity contribution in [2.45, 2.75) is 19.6 Å². The van der Waals surface area contributed by atoms with Gasteiger partial charge in [0.1, 0.15) is 11.4 Å². The number of halogens is 3. The second-order valence-corrected chi connectivity index (χ2v) is 5.17. The van der Waals surface area contributed by atoms with E-state index < -0.39 is 17.8 Å². The molecule has 1 amide bonds. The molecule has 24 heavy (non-hydrogen) atoms. The van der Waals surface area contributed by atoms with Crippen LogP contribution in [-0.2, 0) is 12.7 Å². The summed E-state index contributed by atoms with van der Waals surface area (Å²) in [6, 6.07) is 9.21. The lowest BCUT2D eigenvalue weighted by atomic mass is 10.2. The molecule has 7 heteroatoms. The minimum Gasteiger partial charge on any atom is -0.494 e. The summed E-state index contributed by atoms with van der Waals surface area (Å²) in [5.74, 6) is 0.340. The number of aromatic nitrogens is 1. The van der Waals surface area contributed by atoms with E-state index >= 15 is 0 Å². The second-order valence-electron chi connectivity index (χ2n) is 5.17. The molecule has 1 aromatic carbocycles. The molecule has 0 aliphatic carbocycles. The van der Waals surface area contributed by atoms with Crippen LogP contribution in [0.3, 0.4) is 0 Å². The van der Waals surface area contributed by atoms with Crippen molar-refractivity contribution in [2.75, 3.05) is 13.7 Å². The lowest BCUT2D eigenvalue weighted by Gasteiger charge is -2.17. The maximum absolute atomic E-state index is 12.5. The van der Waals surface area contributed by atoms with Gasteiger partial charge < -0.3 is 9.64 Å². The van der Waals surface area contributed by atoms with E-state index in [4.69, 9.17) is 4.74 Å². The largest absolute Gasteiger partial charge is 0.494 e. The second kappa shape index (κ2) is 7.33. The van der Waals surface area contributed by atoms with Gasteiger partial charge in [-0.2, -0.15) is 13.2 Å². The molecule has 4 nitrogen and oxygen atoms in total. The van der Waals surface area contributed by atoms with Crippen molar-refractivity contribution in [1.82, 2.24) is 9.88 Å². The standard InChI is InChI=1S/C17H17F3N2O2/c1-3-24-14-7-4-12(5-8-14)11-22(2)16(23)13-6-9-15(21-10-13)17(18,19)20/h4-10H,3,11H2,1-2H3. The maximum Gasteiger partial charge on any atom is 0.433 e. The first kappa shape index (κ1) is 17.8. The fourth-order valence-corrected chi connectivity index (χ4v) is 2.11. The zero-order chi connectivity index (χ0) is 17.7. The normalized spacial score (nSPS) is 11.2. The molecule has 0 atom stereocenters. The first-order chi connectivity index (χ1) is 11.3. The van der Waals surface area contributed by atoms with Gasteiger partial charge in [-0.1, -0.05) is 12.1 Å². The molecule has 0 radical (unpaired) electrons. The molecule has 1 aromatic heterocycles. The number of nitrogens with zero attached hydrogens (tertiary/aromatic N) is 2.